The summed E-state index contributed by atoms with van der Waals surface area (Å²) >= 11 is 3.33. The van der Waals surface area contributed by atoms with Crippen LogP contribution in [-0.2, 0) is 6.42 Å². The Kier molecular flexibility index (Phi) is 3.72. The summed E-state index contributed by atoms with van der Waals surface area (Å²) in [6.07, 6.45) is -0.110. The zero-order valence-corrected chi connectivity index (χ0v) is 8.16. The molecule has 1 aromatic rings. The Balaban J connectivity index is 2.48. The summed E-state index contributed by atoms with van der Waals surface area (Å²) in [5, 5.41) is 17.2. The van der Waals surface area contributed by atoms with Gasteiger partial charge in [0.2, 0.25) is 0 Å². The lowest BCUT2D eigenvalue weighted by molar-refractivity contribution is -0.0446. The van der Waals surface area contributed by atoms with Crippen LogP contribution in [0.5, 0.6) is 0 Å². The second-order valence-electron chi connectivity index (χ2n) is 2.65. The van der Waals surface area contributed by atoms with Crippen LogP contribution in [0.2, 0.25) is 0 Å². The zero-order chi connectivity index (χ0) is 8.97. The molecule has 0 saturated carbocycles. The van der Waals surface area contributed by atoms with Crippen molar-refractivity contribution in [3.63, 3.8) is 0 Å². The van der Waals surface area contributed by atoms with Gasteiger partial charge in [0, 0.05) is 10.9 Å². The van der Waals surface area contributed by atoms with E-state index >= 15 is 0 Å². The number of halogens is 1. The molecule has 2 nitrogen and oxygen atoms in total. The highest BCUT2D eigenvalue weighted by Crippen LogP contribution is 2.11. The van der Waals surface area contributed by atoms with Crippen molar-refractivity contribution < 1.29 is 10.2 Å². The summed E-state index contributed by atoms with van der Waals surface area (Å²) < 4.78 is 1.04. The van der Waals surface area contributed by atoms with Crippen LogP contribution < -0.4 is 0 Å². The molecule has 1 rings (SSSR count). The van der Waals surface area contributed by atoms with E-state index in [9.17, 15) is 0 Å². The summed E-state index contributed by atoms with van der Waals surface area (Å²) in [4.78, 5) is 0. The fourth-order valence-corrected chi connectivity index (χ4v) is 1.21. The molecule has 12 heavy (non-hydrogen) atoms. The molecule has 3 heteroatoms. The molecule has 0 bridgehead atoms. The lowest BCUT2D eigenvalue weighted by atomic mass is 10.1. The zero-order valence-electron chi connectivity index (χ0n) is 6.57. The molecular formula is C9H11BrO2. The van der Waals surface area contributed by atoms with Crippen molar-refractivity contribution in [3.8, 4) is 0 Å². The Morgan fingerprint density at radius 3 is 2.25 bits per heavy atom. The maximum absolute atomic E-state index is 8.61. The van der Waals surface area contributed by atoms with E-state index in [1.807, 2.05) is 24.3 Å². The van der Waals surface area contributed by atoms with Crippen LogP contribution in [0, 0.1) is 0 Å². The molecule has 0 aliphatic rings. The third kappa shape index (κ3) is 3.34. The topological polar surface area (TPSA) is 40.5 Å². The van der Waals surface area contributed by atoms with Gasteiger partial charge in [0.25, 0.3) is 0 Å². The maximum Gasteiger partial charge on any atom is 0.151 e. The number of aryl methyl sites for hydroxylation is 1. The molecule has 0 atom stereocenters. The molecular weight excluding hydrogens is 220 g/mol. The summed E-state index contributed by atoms with van der Waals surface area (Å²) in [6.45, 7) is 0. The van der Waals surface area contributed by atoms with Gasteiger partial charge in [-0.3, -0.25) is 0 Å². The van der Waals surface area contributed by atoms with Gasteiger partial charge in [0.05, 0.1) is 0 Å². The van der Waals surface area contributed by atoms with Crippen molar-refractivity contribution in [2.45, 2.75) is 19.1 Å². The van der Waals surface area contributed by atoms with Crippen LogP contribution in [0.3, 0.4) is 0 Å². The first-order valence-corrected chi connectivity index (χ1v) is 4.58. The third-order valence-electron chi connectivity index (χ3n) is 1.60. The van der Waals surface area contributed by atoms with Gasteiger partial charge in [-0.15, -0.1) is 0 Å². The van der Waals surface area contributed by atoms with Gasteiger partial charge in [0.15, 0.2) is 6.29 Å². The highest BCUT2D eigenvalue weighted by atomic mass is 79.9. The van der Waals surface area contributed by atoms with Crippen molar-refractivity contribution in [2.75, 3.05) is 0 Å². The number of rotatable bonds is 3. The molecule has 0 radical (unpaired) electrons. The molecule has 0 heterocycles. The quantitative estimate of drug-likeness (QED) is 0.777. The van der Waals surface area contributed by atoms with Crippen LogP contribution >= 0.6 is 15.9 Å². The number of aliphatic hydroxyl groups is 2. The molecule has 1 aromatic carbocycles. The lowest BCUT2D eigenvalue weighted by Gasteiger charge is -2.02. The Labute approximate surface area is 80.0 Å². The molecule has 2 N–H and O–H groups in total. The lowest BCUT2D eigenvalue weighted by Crippen LogP contribution is -2.05. The minimum atomic E-state index is -1.20. The minimum absolute atomic E-state index is 0.391. The van der Waals surface area contributed by atoms with Gasteiger partial charge in [-0.2, -0.15) is 0 Å². The number of hydrogen-bond acceptors (Lipinski definition) is 2. The number of aliphatic hydroxyl groups excluding tert-OH is 1. The molecule has 0 spiro atoms. The first-order chi connectivity index (χ1) is 5.68. The Bertz CT molecular complexity index is 231. The van der Waals surface area contributed by atoms with E-state index in [-0.39, 0.29) is 0 Å². The molecule has 66 valence electrons. The van der Waals surface area contributed by atoms with E-state index in [0.29, 0.717) is 12.8 Å². The number of benzene rings is 1. The smallest absolute Gasteiger partial charge is 0.151 e. The van der Waals surface area contributed by atoms with Crippen LogP contribution in [0.4, 0.5) is 0 Å². The molecule has 0 saturated heterocycles. The first-order valence-electron chi connectivity index (χ1n) is 3.79. The van der Waals surface area contributed by atoms with E-state index < -0.39 is 6.29 Å². The predicted molar refractivity (Wildman–Crippen MR) is 50.7 cm³/mol. The summed E-state index contributed by atoms with van der Waals surface area (Å²) in [5.74, 6) is 0. The molecule has 0 fully saturated rings. The first kappa shape index (κ1) is 9.71. The standard InChI is InChI=1S/C9H11BrO2/c10-8-4-1-7(2-5-8)3-6-9(11)12/h1-2,4-5,9,11-12H,3,6H2. The average Bonchev–Trinajstić information content (AvgIpc) is 2.03. The van der Waals surface area contributed by atoms with Gasteiger partial charge in [0.1, 0.15) is 0 Å². The molecule has 0 amide bonds. The third-order valence-corrected chi connectivity index (χ3v) is 2.13. The maximum atomic E-state index is 8.61. The van der Waals surface area contributed by atoms with E-state index in [1.165, 1.54) is 0 Å². The largest absolute Gasteiger partial charge is 0.368 e. The highest BCUT2D eigenvalue weighted by molar-refractivity contribution is 9.10. The molecule has 0 aliphatic carbocycles. The van der Waals surface area contributed by atoms with Crippen molar-refractivity contribution >= 4 is 15.9 Å². The normalized spacial score (nSPS) is 10.7. The second-order valence-corrected chi connectivity index (χ2v) is 3.56. The Morgan fingerprint density at radius 2 is 1.75 bits per heavy atom. The fourth-order valence-electron chi connectivity index (χ4n) is 0.947. The fraction of sp³-hybridized carbons (Fsp3) is 0.333. The Morgan fingerprint density at radius 1 is 1.17 bits per heavy atom. The van der Waals surface area contributed by atoms with Crippen molar-refractivity contribution in [2.24, 2.45) is 0 Å². The van der Waals surface area contributed by atoms with Crippen LogP contribution in [0.25, 0.3) is 0 Å². The highest BCUT2D eigenvalue weighted by Gasteiger charge is 1.98. The van der Waals surface area contributed by atoms with Gasteiger partial charge in [-0.05, 0) is 24.1 Å². The Hall–Kier alpha value is -0.380. The monoisotopic (exact) mass is 230 g/mol. The van der Waals surface area contributed by atoms with E-state index in [2.05, 4.69) is 15.9 Å². The van der Waals surface area contributed by atoms with E-state index in [0.717, 1.165) is 10.0 Å². The molecule has 0 aromatic heterocycles. The predicted octanol–water partition coefficient (Wildman–Crippen LogP) is 1.69. The van der Waals surface area contributed by atoms with Gasteiger partial charge >= 0.3 is 0 Å². The summed E-state index contributed by atoms with van der Waals surface area (Å²) in [7, 11) is 0. The molecule has 0 aliphatic heterocycles. The summed E-state index contributed by atoms with van der Waals surface area (Å²) in [6, 6.07) is 7.82. The van der Waals surface area contributed by atoms with Crippen LogP contribution in [0.1, 0.15) is 12.0 Å². The average molecular weight is 231 g/mol. The minimum Gasteiger partial charge on any atom is -0.368 e. The van der Waals surface area contributed by atoms with Gasteiger partial charge in [-0.1, -0.05) is 28.1 Å². The van der Waals surface area contributed by atoms with E-state index in [1.54, 1.807) is 0 Å². The SMILES string of the molecule is OC(O)CCc1ccc(Br)cc1. The van der Waals surface area contributed by atoms with Crippen molar-refractivity contribution in [1.29, 1.82) is 0 Å². The van der Waals surface area contributed by atoms with Gasteiger partial charge in [-0.25, -0.2) is 0 Å². The van der Waals surface area contributed by atoms with Crippen LogP contribution in [0.15, 0.2) is 28.7 Å². The number of hydrogen-bond donors (Lipinski definition) is 2. The van der Waals surface area contributed by atoms with Crippen LogP contribution in [-0.4, -0.2) is 16.5 Å². The van der Waals surface area contributed by atoms with Crippen molar-refractivity contribution in [3.05, 3.63) is 34.3 Å². The van der Waals surface area contributed by atoms with Gasteiger partial charge < -0.3 is 10.2 Å². The summed E-state index contributed by atoms with van der Waals surface area (Å²) in [5.41, 5.74) is 1.12. The van der Waals surface area contributed by atoms with Crippen molar-refractivity contribution in [1.82, 2.24) is 0 Å². The van der Waals surface area contributed by atoms with E-state index in [4.69, 9.17) is 10.2 Å². The second kappa shape index (κ2) is 4.60. The molecule has 0 unspecified atom stereocenters.